The molecule has 0 unspecified atom stereocenters. The van der Waals surface area contributed by atoms with Gasteiger partial charge in [-0.25, -0.2) is 4.98 Å². The monoisotopic (exact) mass is 402 g/mol. The number of rotatable bonds is 4. The van der Waals surface area contributed by atoms with Crippen LogP contribution in [0.1, 0.15) is 25.4 Å². The molecule has 26 heavy (non-hydrogen) atoms. The van der Waals surface area contributed by atoms with Crippen LogP contribution in [0.3, 0.4) is 0 Å². The summed E-state index contributed by atoms with van der Waals surface area (Å²) in [7, 11) is 1.59. The van der Waals surface area contributed by atoms with E-state index in [1.807, 2.05) is 0 Å². The zero-order chi connectivity index (χ0) is 19.1. The molecule has 0 amide bonds. The van der Waals surface area contributed by atoms with Gasteiger partial charge in [0.2, 0.25) is 0 Å². The first kappa shape index (κ1) is 18.7. The lowest BCUT2D eigenvalue weighted by atomic mass is 10.1. The van der Waals surface area contributed by atoms with Crippen molar-refractivity contribution in [1.82, 2.24) is 19.7 Å². The van der Waals surface area contributed by atoms with Crippen molar-refractivity contribution < 1.29 is 17.9 Å². The smallest absolute Gasteiger partial charge is 0.434 e. The molecule has 0 N–H and O–H groups in total. The normalized spacial score (nSPS) is 12.4. The SMILES string of the molecule is Cn1c(-c2scnc2C(F)(F)F)nnc1C(C)(C)Oc1ccc(Cl)cc1. The van der Waals surface area contributed by atoms with Crippen LogP contribution in [0.2, 0.25) is 5.02 Å². The van der Waals surface area contributed by atoms with Gasteiger partial charge < -0.3 is 9.30 Å². The number of aromatic nitrogens is 4. The summed E-state index contributed by atoms with van der Waals surface area (Å²) in [5.74, 6) is 1.02. The average molecular weight is 403 g/mol. The number of ether oxygens (including phenoxy) is 1. The quantitative estimate of drug-likeness (QED) is 0.621. The summed E-state index contributed by atoms with van der Waals surface area (Å²) in [6, 6.07) is 6.77. The molecule has 1 aromatic carbocycles. The van der Waals surface area contributed by atoms with E-state index in [-0.39, 0.29) is 10.7 Å². The van der Waals surface area contributed by atoms with Crippen LogP contribution in [0.4, 0.5) is 13.2 Å². The van der Waals surface area contributed by atoms with Crippen molar-refractivity contribution in [2.75, 3.05) is 0 Å². The zero-order valence-corrected chi connectivity index (χ0v) is 15.6. The second-order valence-corrected chi connectivity index (χ2v) is 7.29. The summed E-state index contributed by atoms with van der Waals surface area (Å²) in [5.41, 5.74) is -0.764. The van der Waals surface area contributed by atoms with Crippen molar-refractivity contribution in [1.29, 1.82) is 0 Å². The van der Waals surface area contributed by atoms with Gasteiger partial charge in [0.05, 0.1) is 5.51 Å². The molecule has 0 spiro atoms. The van der Waals surface area contributed by atoms with Crippen molar-refractivity contribution in [3.63, 3.8) is 0 Å². The van der Waals surface area contributed by atoms with E-state index >= 15 is 0 Å². The molecule has 2 heterocycles. The summed E-state index contributed by atoms with van der Waals surface area (Å²) in [4.78, 5) is 3.34. The first-order chi connectivity index (χ1) is 12.1. The Bertz CT molecular complexity index is 918. The third-order valence-corrected chi connectivity index (χ3v) is 4.71. The standard InChI is InChI=1S/C16H14ClF3N4OS/c1-15(2,25-10-6-4-9(17)5-7-10)14-23-22-13(24(14)3)11-12(16(18,19)20)21-8-26-11/h4-8H,1-3H3. The van der Waals surface area contributed by atoms with Crippen LogP contribution in [0.25, 0.3) is 10.7 Å². The topological polar surface area (TPSA) is 52.8 Å². The number of halogens is 4. The number of thiazole rings is 1. The molecule has 0 radical (unpaired) electrons. The van der Waals surface area contributed by atoms with Gasteiger partial charge in [-0.15, -0.1) is 21.5 Å². The average Bonchev–Trinajstić information content (AvgIpc) is 3.15. The molecule has 0 saturated carbocycles. The van der Waals surface area contributed by atoms with Crippen LogP contribution in [0, 0.1) is 0 Å². The Morgan fingerprint density at radius 2 is 1.77 bits per heavy atom. The number of alkyl halides is 3. The van der Waals surface area contributed by atoms with Crippen molar-refractivity contribution >= 4 is 22.9 Å². The predicted octanol–water partition coefficient (Wildman–Crippen LogP) is 4.92. The Labute approximate surface area is 156 Å². The van der Waals surface area contributed by atoms with E-state index in [1.54, 1.807) is 45.2 Å². The highest BCUT2D eigenvalue weighted by atomic mass is 35.5. The largest absolute Gasteiger partial charge is 0.480 e. The minimum Gasteiger partial charge on any atom is -0.480 e. The third kappa shape index (κ3) is 3.54. The first-order valence-corrected chi connectivity index (χ1v) is 8.71. The van der Waals surface area contributed by atoms with E-state index in [1.165, 1.54) is 4.57 Å². The highest BCUT2D eigenvalue weighted by molar-refractivity contribution is 7.13. The molecule has 138 valence electrons. The molecule has 0 aliphatic carbocycles. The van der Waals surface area contributed by atoms with E-state index in [9.17, 15) is 13.2 Å². The molecule has 2 aromatic heterocycles. The van der Waals surface area contributed by atoms with Crippen molar-refractivity contribution in [3.8, 4) is 16.5 Å². The number of hydrogen-bond acceptors (Lipinski definition) is 5. The molecule has 0 aliphatic heterocycles. The lowest BCUT2D eigenvalue weighted by Gasteiger charge is -2.25. The van der Waals surface area contributed by atoms with Gasteiger partial charge in [-0.05, 0) is 38.1 Å². The molecule has 10 heteroatoms. The van der Waals surface area contributed by atoms with E-state index in [2.05, 4.69) is 15.2 Å². The number of hydrogen-bond donors (Lipinski definition) is 0. The first-order valence-electron chi connectivity index (χ1n) is 7.45. The summed E-state index contributed by atoms with van der Waals surface area (Å²) in [6.07, 6.45) is -4.56. The molecule has 5 nitrogen and oxygen atoms in total. The van der Waals surface area contributed by atoms with Crippen LogP contribution >= 0.6 is 22.9 Å². The van der Waals surface area contributed by atoms with E-state index < -0.39 is 17.5 Å². The van der Waals surface area contributed by atoms with Crippen LogP contribution in [0.5, 0.6) is 5.75 Å². The summed E-state index contributed by atoms with van der Waals surface area (Å²) in [5, 5.41) is 8.56. The lowest BCUT2D eigenvalue weighted by molar-refractivity contribution is -0.140. The zero-order valence-electron chi connectivity index (χ0n) is 14.0. The second-order valence-electron chi connectivity index (χ2n) is 6.00. The molecule has 0 bridgehead atoms. The summed E-state index contributed by atoms with van der Waals surface area (Å²) in [6.45, 7) is 3.51. The van der Waals surface area contributed by atoms with Gasteiger partial charge in [0.1, 0.15) is 10.6 Å². The van der Waals surface area contributed by atoms with E-state index in [0.29, 0.717) is 16.6 Å². The molecule has 3 aromatic rings. The summed E-state index contributed by atoms with van der Waals surface area (Å²) >= 11 is 6.72. The third-order valence-electron chi connectivity index (χ3n) is 3.64. The fourth-order valence-corrected chi connectivity index (χ4v) is 3.45. The van der Waals surface area contributed by atoms with Crippen LogP contribution < -0.4 is 4.74 Å². The van der Waals surface area contributed by atoms with Gasteiger partial charge >= 0.3 is 6.18 Å². The fourth-order valence-electron chi connectivity index (χ4n) is 2.50. The van der Waals surface area contributed by atoms with Gasteiger partial charge in [0.15, 0.2) is 22.9 Å². The predicted molar refractivity (Wildman–Crippen MR) is 92.2 cm³/mol. The summed E-state index contributed by atoms with van der Waals surface area (Å²) < 4.78 is 46.8. The number of benzene rings is 1. The van der Waals surface area contributed by atoms with Crippen molar-refractivity contribution in [2.24, 2.45) is 7.05 Å². The molecule has 0 saturated heterocycles. The van der Waals surface area contributed by atoms with Gasteiger partial charge in [0.25, 0.3) is 0 Å². The molecule has 3 rings (SSSR count). The fraction of sp³-hybridized carbons (Fsp3) is 0.312. The van der Waals surface area contributed by atoms with Crippen molar-refractivity contribution in [2.45, 2.75) is 25.6 Å². The molecule has 0 atom stereocenters. The molecule has 0 aliphatic rings. The maximum Gasteiger partial charge on any atom is 0.434 e. The Balaban J connectivity index is 1.96. The maximum atomic E-state index is 13.1. The Kier molecular flexibility index (Phi) is 4.70. The van der Waals surface area contributed by atoms with Gasteiger partial charge in [-0.3, -0.25) is 0 Å². The van der Waals surface area contributed by atoms with Crippen LogP contribution in [-0.2, 0) is 18.8 Å². The van der Waals surface area contributed by atoms with Crippen LogP contribution in [-0.4, -0.2) is 19.7 Å². The Morgan fingerprint density at radius 3 is 2.38 bits per heavy atom. The van der Waals surface area contributed by atoms with Gasteiger partial charge in [-0.1, -0.05) is 11.6 Å². The highest BCUT2D eigenvalue weighted by Crippen LogP contribution is 2.38. The van der Waals surface area contributed by atoms with Crippen LogP contribution in [0.15, 0.2) is 29.8 Å². The molecular weight excluding hydrogens is 389 g/mol. The minimum absolute atomic E-state index is 0.0824. The molecular formula is C16H14ClF3N4OS. The lowest BCUT2D eigenvalue weighted by Crippen LogP contribution is -2.29. The van der Waals surface area contributed by atoms with E-state index in [0.717, 1.165) is 16.8 Å². The Morgan fingerprint density at radius 1 is 1.12 bits per heavy atom. The van der Waals surface area contributed by atoms with Gasteiger partial charge in [0, 0.05) is 12.1 Å². The second kappa shape index (κ2) is 6.55. The van der Waals surface area contributed by atoms with Gasteiger partial charge in [-0.2, -0.15) is 13.2 Å². The van der Waals surface area contributed by atoms with E-state index in [4.69, 9.17) is 16.3 Å². The highest BCUT2D eigenvalue weighted by Gasteiger charge is 2.39. The molecule has 0 fully saturated rings. The Hall–Kier alpha value is -2.13. The number of nitrogens with zero attached hydrogens (tertiary/aromatic N) is 4. The van der Waals surface area contributed by atoms with Crippen molar-refractivity contribution in [3.05, 3.63) is 46.3 Å². The minimum atomic E-state index is -4.56. The maximum absolute atomic E-state index is 13.1.